The van der Waals surface area contributed by atoms with E-state index in [2.05, 4.69) is 4.98 Å². The van der Waals surface area contributed by atoms with Crippen molar-refractivity contribution in [2.24, 2.45) is 0 Å². The minimum Gasteiger partial charge on any atom is -0.465 e. The number of fused-ring (bicyclic) bond motifs is 1. The molecule has 0 saturated carbocycles. The van der Waals surface area contributed by atoms with Gasteiger partial charge < -0.3 is 9.14 Å². The second kappa shape index (κ2) is 6.60. The Hall–Kier alpha value is -2.05. The molecule has 0 fully saturated rings. The highest BCUT2D eigenvalue weighted by molar-refractivity contribution is 7.98. The summed E-state index contributed by atoms with van der Waals surface area (Å²) in [5, 5.41) is 0.618. The number of esters is 1. The van der Waals surface area contributed by atoms with Crippen molar-refractivity contribution in [3.05, 3.63) is 64.8 Å². The van der Waals surface area contributed by atoms with Crippen LogP contribution in [0.1, 0.15) is 16.1 Å². The highest BCUT2D eigenvalue weighted by Gasteiger charge is 2.14. The van der Waals surface area contributed by atoms with Crippen molar-refractivity contribution in [2.75, 3.05) is 7.11 Å². The maximum Gasteiger partial charge on any atom is 0.338 e. The predicted molar refractivity (Wildman–Crippen MR) is 87.5 cm³/mol. The highest BCUT2D eigenvalue weighted by atomic mass is 35.5. The Labute approximate surface area is 141 Å². The van der Waals surface area contributed by atoms with Gasteiger partial charge in [0.15, 0.2) is 0 Å². The zero-order valence-corrected chi connectivity index (χ0v) is 13.7. The van der Waals surface area contributed by atoms with Crippen molar-refractivity contribution < 1.29 is 13.9 Å². The first-order valence-electron chi connectivity index (χ1n) is 6.70. The topological polar surface area (TPSA) is 43.6 Å². The average Bonchev–Trinajstić information content (AvgIpc) is 2.94. The van der Waals surface area contributed by atoms with E-state index in [-0.39, 0.29) is 0 Å². The summed E-state index contributed by atoms with van der Waals surface area (Å²) < 4.78 is 20.0. The summed E-state index contributed by atoms with van der Waals surface area (Å²) in [7, 11) is 1.30. The summed E-state index contributed by atoms with van der Waals surface area (Å²) in [5.41, 5.74) is 1.92. The van der Waals surface area contributed by atoms with E-state index >= 15 is 0 Å². The molecule has 0 saturated heterocycles. The standard InChI is InChI=1S/C16H12ClFN2O2S/c1-22-16(21)13-4-3-11(18)6-14(13)23-9-12-8-20-7-10(17)2-5-15(20)19-12/h2-8H,9H2,1H3. The molecule has 0 aliphatic rings. The van der Waals surface area contributed by atoms with Crippen LogP contribution in [0.3, 0.4) is 0 Å². The quantitative estimate of drug-likeness (QED) is 0.522. The SMILES string of the molecule is COC(=O)c1ccc(F)cc1SCc1cn2cc(Cl)ccc2n1. The molecular weight excluding hydrogens is 339 g/mol. The molecule has 2 heterocycles. The van der Waals surface area contributed by atoms with Gasteiger partial charge in [-0.2, -0.15) is 0 Å². The third kappa shape index (κ3) is 3.48. The lowest BCUT2D eigenvalue weighted by Gasteiger charge is -2.06. The first kappa shape index (κ1) is 15.8. The zero-order chi connectivity index (χ0) is 16.4. The van der Waals surface area contributed by atoms with E-state index in [4.69, 9.17) is 16.3 Å². The number of carbonyl (C=O) groups excluding carboxylic acids is 1. The number of rotatable bonds is 4. The predicted octanol–water partition coefficient (Wildman–Crippen LogP) is 4.21. The largest absolute Gasteiger partial charge is 0.465 e. The van der Waals surface area contributed by atoms with Gasteiger partial charge in [0.25, 0.3) is 0 Å². The Balaban J connectivity index is 1.84. The van der Waals surface area contributed by atoms with Gasteiger partial charge in [0.1, 0.15) is 11.5 Å². The molecule has 118 valence electrons. The van der Waals surface area contributed by atoms with Gasteiger partial charge in [-0.25, -0.2) is 14.2 Å². The lowest BCUT2D eigenvalue weighted by molar-refractivity contribution is 0.0596. The third-order valence-corrected chi connectivity index (χ3v) is 4.50. The Bertz CT molecular complexity index is 882. The first-order chi connectivity index (χ1) is 11.1. The summed E-state index contributed by atoms with van der Waals surface area (Å²) in [4.78, 5) is 16.7. The fourth-order valence-electron chi connectivity index (χ4n) is 2.13. The molecule has 2 aromatic heterocycles. The van der Waals surface area contributed by atoms with Gasteiger partial charge in [-0.1, -0.05) is 11.6 Å². The van der Waals surface area contributed by atoms with E-state index in [1.165, 1.54) is 37.1 Å². The van der Waals surface area contributed by atoms with Crippen LogP contribution in [0.25, 0.3) is 5.65 Å². The molecular formula is C16H12ClFN2O2S. The summed E-state index contributed by atoms with van der Waals surface area (Å²) in [6.07, 6.45) is 3.62. The fraction of sp³-hybridized carbons (Fsp3) is 0.125. The van der Waals surface area contributed by atoms with Gasteiger partial charge in [-0.15, -0.1) is 11.8 Å². The Kier molecular flexibility index (Phi) is 4.54. The van der Waals surface area contributed by atoms with Gasteiger partial charge >= 0.3 is 5.97 Å². The Morgan fingerprint density at radius 3 is 2.96 bits per heavy atom. The van der Waals surface area contributed by atoms with Crippen LogP contribution >= 0.6 is 23.4 Å². The van der Waals surface area contributed by atoms with E-state index in [1.807, 2.05) is 16.7 Å². The number of aromatic nitrogens is 2. The van der Waals surface area contributed by atoms with Crippen LogP contribution in [0.4, 0.5) is 4.39 Å². The number of hydrogen-bond donors (Lipinski definition) is 0. The number of pyridine rings is 1. The number of hydrogen-bond acceptors (Lipinski definition) is 4. The van der Waals surface area contributed by atoms with Crippen LogP contribution in [0.15, 0.2) is 47.6 Å². The zero-order valence-electron chi connectivity index (χ0n) is 12.1. The molecule has 0 radical (unpaired) electrons. The summed E-state index contributed by atoms with van der Waals surface area (Å²) in [6.45, 7) is 0. The molecule has 3 rings (SSSR count). The second-order valence-electron chi connectivity index (χ2n) is 4.77. The fourth-order valence-corrected chi connectivity index (χ4v) is 3.25. The number of thioether (sulfide) groups is 1. The van der Waals surface area contributed by atoms with Crippen LogP contribution in [0, 0.1) is 5.82 Å². The molecule has 1 aromatic carbocycles. The van der Waals surface area contributed by atoms with Crippen molar-refractivity contribution in [2.45, 2.75) is 10.6 Å². The lowest BCUT2D eigenvalue weighted by atomic mass is 10.2. The molecule has 0 atom stereocenters. The molecule has 4 nitrogen and oxygen atoms in total. The van der Waals surface area contributed by atoms with Crippen LogP contribution < -0.4 is 0 Å². The van der Waals surface area contributed by atoms with E-state index in [1.54, 1.807) is 12.3 Å². The average molecular weight is 351 g/mol. The maximum absolute atomic E-state index is 13.5. The number of halogens is 2. The monoisotopic (exact) mass is 350 g/mol. The van der Waals surface area contributed by atoms with E-state index in [0.29, 0.717) is 21.2 Å². The second-order valence-corrected chi connectivity index (χ2v) is 6.22. The number of carbonyl (C=O) groups is 1. The van der Waals surface area contributed by atoms with E-state index in [0.717, 1.165) is 11.3 Å². The maximum atomic E-state index is 13.5. The molecule has 23 heavy (non-hydrogen) atoms. The Morgan fingerprint density at radius 1 is 1.35 bits per heavy atom. The first-order valence-corrected chi connectivity index (χ1v) is 8.07. The molecule has 7 heteroatoms. The molecule has 0 amide bonds. The lowest BCUT2D eigenvalue weighted by Crippen LogP contribution is -2.03. The number of nitrogens with zero attached hydrogens (tertiary/aromatic N) is 2. The minimum atomic E-state index is -0.491. The normalized spacial score (nSPS) is 10.9. The number of ether oxygens (including phenoxy) is 1. The summed E-state index contributed by atoms with van der Waals surface area (Å²) in [5.74, 6) is -0.400. The van der Waals surface area contributed by atoms with Crippen molar-refractivity contribution in [1.82, 2.24) is 9.38 Å². The molecule has 3 aromatic rings. The van der Waals surface area contributed by atoms with E-state index in [9.17, 15) is 9.18 Å². The highest BCUT2D eigenvalue weighted by Crippen LogP contribution is 2.28. The van der Waals surface area contributed by atoms with Crippen LogP contribution in [0.2, 0.25) is 5.02 Å². The number of imidazole rings is 1. The van der Waals surface area contributed by atoms with Crippen molar-refractivity contribution in [1.29, 1.82) is 0 Å². The van der Waals surface area contributed by atoms with Crippen molar-refractivity contribution in [3.8, 4) is 0 Å². The van der Waals surface area contributed by atoms with Crippen molar-refractivity contribution >= 4 is 35.0 Å². The third-order valence-electron chi connectivity index (χ3n) is 3.19. The van der Waals surface area contributed by atoms with E-state index < -0.39 is 11.8 Å². The van der Waals surface area contributed by atoms with Gasteiger partial charge in [0.05, 0.1) is 23.4 Å². The van der Waals surface area contributed by atoms with Crippen LogP contribution in [-0.4, -0.2) is 22.5 Å². The van der Waals surface area contributed by atoms with Gasteiger partial charge in [-0.05, 0) is 30.3 Å². The van der Waals surface area contributed by atoms with Gasteiger partial charge in [0, 0.05) is 23.0 Å². The Morgan fingerprint density at radius 2 is 2.17 bits per heavy atom. The number of benzene rings is 1. The minimum absolute atomic E-state index is 0.339. The van der Waals surface area contributed by atoms with Crippen LogP contribution in [-0.2, 0) is 10.5 Å². The molecule has 0 aliphatic heterocycles. The molecule has 0 unspecified atom stereocenters. The van der Waals surface area contributed by atoms with Gasteiger partial charge in [-0.3, -0.25) is 0 Å². The molecule has 0 aliphatic carbocycles. The van der Waals surface area contributed by atoms with Crippen molar-refractivity contribution in [3.63, 3.8) is 0 Å². The van der Waals surface area contributed by atoms with Gasteiger partial charge in [0.2, 0.25) is 0 Å². The van der Waals surface area contributed by atoms with Crippen LogP contribution in [0.5, 0.6) is 0 Å². The number of methoxy groups -OCH3 is 1. The molecule has 0 spiro atoms. The molecule has 0 bridgehead atoms. The summed E-state index contributed by atoms with van der Waals surface area (Å²) >= 11 is 7.27. The molecule has 0 N–H and O–H groups in total. The smallest absolute Gasteiger partial charge is 0.338 e. The summed E-state index contributed by atoms with van der Waals surface area (Å²) in [6, 6.07) is 7.57.